The molecule has 3 heterocycles. The van der Waals surface area contributed by atoms with Gasteiger partial charge in [0.05, 0.1) is 11.4 Å². The highest BCUT2D eigenvalue weighted by atomic mass is 35.5. The van der Waals surface area contributed by atoms with E-state index in [9.17, 15) is 9.59 Å². The number of carbonyl (C=O) groups excluding carboxylic acids is 2. The van der Waals surface area contributed by atoms with Gasteiger partial charge >= 0.3 is 5.97 Å². The number of nitrogens with zero attached hydrogens (tertiary/aromatic N) is 3. The van der Waals surface area contributed by atoms with Crippen molar-refractivity contribution >= 4 is 44.9 Å². The fraction of sp³-hybridized carbons (Fsp3) is 0.227. The van der Waals surface area contributed by atoms with E-state index in [1.54, 1.807) is 22.9 Å². The van der Waals surface area contributed by atoms with Crippen molar-refractivity contribution in [1.82, 2.24) is 14.3 Å². The minimum absolute atomic E-state index is 0.214. The first-order chi connectivity index (χ1) is 14.3. The molecule has 0 N–H and O–H groups in total. The maximum atomic E-state index is 12.6. The van der Waals surface area contributed by atoms with Crippen molar-refractivity contribution in [3.8, 4) is 5.69 Å². The maximum Gasteiger partial charge on any atom is 0.348 e. The van der Waals surface area contributed by atoms with Gasteiger partial charge in [0.15, 0.2) is 6.61 Å². The Bertz CT molecular complexity index is 1280. The summed E-state index contributed by atoms with van der Waals surface area (Å²) in [6.45, 7) is 5.40. The number of fused-ring (bicyclic) bond motifs is 1. The van der Waals surface area contributed by atoms with E-state index in [1.807, 2.05) is 50.6 Å². The molecular formula is C22H20ClN3O3S. The van der Waals surface area contributed by atoms with Crippen LogP contribution in [0, 0.1) is 20.8 Å². The SMILES string of the molecule is Cc1nn(-c2ccc(Cl)cc2)c2sc(C(=O)OCC(=O)c3cc(C)n(C)c3C)cc12. The number of carbonyl (C=O) groups is 2. The predicted octanol–water partition coefficient (Wildman–Crippen LogP) is 5.04. The summed E-state index contributed by atoms with van der Waals surface area (Å²) in [4.78, 5) is 26.4. The van der Waals surface area contributed by atoms with Gasteiger partial charge < -0.3 is 9.30 Å². The summed E-state index contributed by atoms with van der Waals surface area (Å²) >= 11 is 7.26. The number of esters is 1. The molecule has 0 saturated heterocycles. The minimum Gasteiger partial charge on any atom is -0.453 e. The van der Waals surface area contributed by atoms with Crippen LogP contribution in [-0.2, 0) is 11.8 Å². The van der Waals surface area contributed by atoms with Gasteiger partial charge in [0.1, 0.15) is 9.71 Å². The monoisotopic (exact) mass is 441 g/mol. The number of benzene rings is 1. The van der Waals surface area contributed by atoms with Gasteiger partial charge in [-0.2, -0.15) is 5.10 Å². The molecule has 0 atom stereocenters. The number of Topliss-reactive ketones (excluding diaryl/α,β-unsaturated/α-hetero) is 1. The van der Waals surface area contributed by atoms with E-state index in [1.165, 1.54) is 11.3 Å². The number of aromatic nitrogens is 3. The van der Waals surface area contributed by atoms with Crippen molar-refractivity contribution in [3.05, 3.63) is 68.9 Å². The van der Waals surface area contributed by atoms with Crippen LogP contribution in [0.4, 0.5) is 0 Å². The number of hydrogen-bond donors (Lipinski definition) is 0. The van der Waals surface area contributed by atoms with Crippen molar-refractivity contribution in [1.29, 1.82) is 0 Å². The van der Waals surface area contributed by atoms with Crippen LogP contribution in [0.25, 0.3) is 15.9 Å². The van der Waals surface area contributed by atoms with Gasteiger partial charge in [0, 0.05) is 34.4 Å². The molecule has 0 amide bonds. The number of thiophene rings is 1. The van der Waals surface area contributed by atoms with Gasteiger partial charge in [-0.15, -0.1) is 11.3 Å². The van der Waals surface area contributed by atoms with Crippen molar-refractivity contribution in [2.75, 3.05) is 6.61 Å². The summed E-state index contributed by atoms with van der Waals surface area (Å²) in [6.07, 6.45) is 0. The summed E-state index contributed by atoms with van der Waals surface area (Å²) < 4.78 is 9.03. The van der Waals surface area contributed by atoms with Crippen molar-refractivity contribution in [2.24, 2.45) is 7.05 Å². The normalized spacial score (nSPS) is 11.2. The van der Waals surface area contributed by atoms with E-state index < -0.39 is 5.97 Å². The molecule has 0 fully saturated rings. The van der Waals surface area contributed by atoms with Crippen LogP contribution in [0.3, 0.4) is 0 Å². The maximum absolute atomic E-state index is 12.6. The molecule has 154 valence electrons. The molecule has 0 radical (unpaired) electrons. The zero-order valence-corrected chi connectivity index (χ0v) is 18.6. The van der Waals surface area contributed by atoms with E-state index in [0.717, 1.165) is 33.0 Å². The van der Waals surface area contributed by atoms with E-state index in [4.69, 9.17) is 16.3 Å². The number of rotatable bonds is 5. The number of ether oxygens (including phenoxy) is 1. The zero-order chi connectivity index (χ0) is 21.6. The van der Waals surface area contributed by atoms with E-state index in [0.29, 0.717) is 15.5 Å². The molecule has 30 heavy (non-hydrogen) atoms. The van der Waals surface area contributed by atoms with Crippen LogP contribution in [-0.4, -0.2) is 32.7 Å². The molecule has 0 spiro atoms. The third-order valence-corrected chi connectivity index (χ3v) is 6.57. The lowest BCUT2D eigenvalue weighted by molar-refractivity contribution is 0.0479. The zero-order valence-electron chi connectivity index (χ0n) is 17.0. The Hall–Kier alpha value is -2.90. The average molecular weight is 442 g/mol. The first-order valence-electron chi connectivity index (χ1n) is 9.34. The Balaban J connectivity index is 1.55. The lowest BCUT2D eigenvalue weighted by Crippen LogP contribution is -2.14. The molecule has 0 saturated carbocycles. The standard InChI is InChI=1S/C22H20ClN3O3S/c1-12-9-18(14(3)25(12)4)19(27)11-29-22(28)20-10-17-13(2)24-26(21(17)30-20)16-7-5-15(23)6-8-16/h5-10H,11H2,1-4H3. The van der Waals surface area contributed by atoms with Crippen molar-refractivity contribution in [3.63, 3.8) is 0 Å². The molecule has 4 rings (SSSR count). The molecule has 0 aliphatic heterocycles. The Labute approximate surface area is 182 Å². The first-order valence-corrected chi connectivity index (χ1v) is 10.5. The summed E-state index contributed by atoms with van der Waals surface area (Å²) in [6, 6.07) is 10.9. The van der Waals surface area contributed by atoms with Crippen LogP contribution < -0.4 is 0 Å². The van der Waals surface area contributed by atoms with Crippen LogP contribution in [0.5, 0.6) is 0 Å². The van der Waals surface area contributed by atoms with Gasteiger partial charge in [-0.25, -0.2) is 9.48 Å². The van der Waals surface area contributed by atoms with E-state index in [2.05, 4.69) is 5.10 Å². The Morgan fingerprint density at radius 3 is 2.47 bits per heavy atom. The van der Waals surface area contributed by atoms with Crippen molar-refractivity contribution in [2.45, 2.75) is 20.8 Å². The van der Waals surface area contributed by atoms with Crippen LogP contribution >= 0.6 is 22.9 Å². The second-order valence-electron chi connectivity index (χ2n) is 7.15. The number of aryl methyl sites for hydroxylation is 2. The lowest BCUT2D eigenvalue weighted by Gasteiger charge is -2.04. The molecule has 0 aliphatic rings. The van der Waals surface area contributed by atoms with E-state index >= 15 is 0 Å². The highest BCUT2D eigenvalue weighted by Gasteiger charge is 2.20. The highest BCUT2D eigenvalue weighted by molar-refractivity contribution is 7.20. The predicted molar refractivity (Wildman–Crippen MR) is 118 cm³/mol. The third-order valence-electron chi connectivity index (χ3n) is 5.23. The summed E-state index contributed by atoms with van der Waals surface area (Å²) in [7, 11) is 1.90. The molecule has 4 aromatic rings. The number of halogens is 1. The van der Waals surface area contributed by atoms with Crippen LogP contribution in [0.2, 0.25) is 5.02 Å². The molecule has 1 aromatic carbocycles. The van der Waals surface area contributed by atoms with Crippen molar-refractivity contribution < 1.29 is 14.3 Å². The topological polar surface area (TPSA) is 66.1 Å². The second kappa shape index (κ2) is 7.74. The Kier molecular flexibility index (Phi) is 5.26. The Morgan fingerprint density at radius 1 is 1.13 bits per heavy atom. The Morgan fingerprint density at radius 2 is 1.83 bits per heavy atom. The molecular weight excluding hydrogens is 422 g/mol. The quantitative estimate of drug-likeness (QED) is 0.321. The average Bonchev–Trinajstić information content (AvgIpc) is 3.37. The number of hydrogen-bond acceptors (Lipinski definition) is 5. The van der Waals surface area contributed by atoms with Crippen LogP contribution in [0.1, 0.15) is 37.1 Å². The van der Waals surface area contributed by atoms with E-state index in [-0.39, 0.29) is 12.4 Å². The molecule has 0 bridgehead atoms. The lowest BCUT2D eigenvalue weighted by atomic mass is 10.1. The fourth-order valence-corrected chi connectivity index (χ4v) is 4.53. The minimum atomic E-state index is -0.517. The van der Waals surface area contributed by atoms with Gasteiger partial charge in [-0.1, -0.05) is 11.6 Å². The first kappa shape index (κ1) is 20.4. The largest absolute Gasteiger partial charge is 0.453 e. The molecule has 3 aromatic heterocycles. The van der Waals surface area contributed by atoms with Gasteiger partial charge in [-0.3, -0.25) is 4.79 Å². The third kappa shape index (κ3) is 3.55. The molecule has 6 nitrogen and oxygen atoms in total. The molecule has 8 heteroatoms. The fourth-order valence-electron chi connectivity index (χ4n) is 3.32. The van der Waals surface area contributed by atoms with Gasteiger partial charge in [-0.05, 0) is 57.2 Å². The van der Waals surface area contributed by atoms with Crippen LogP contribution in [0.15, 0.2) is 36.4 Å². The highest BCUT2D eigenvalue weighted by Crippen LogP contribution is 2.31. The smallest absolute Gasteiger partial charge is 0.348 e. The second-order valence-corrected chi connectivity index (χ2v) is 8.61. The summed E-state index contributed by atoms with van der Waals surface area (Å²) in [5.41, 5.74) is 4.07. The number of ketones is 1. The van der Waals surface area contributed by atoms with Gasteiger partial charge in [0.25, 0.3) is 0 Å². The van der Waals surface area contributed by atoms with Gasteiger partial charge in [0.2, 0.25) is 5.78 Å². The molecule has 0 aliphatic carbocycles. The summed E-state index contributed by atoms with van der Waals surface area (Å²) in [5.74, 6) is -0.730. The summed E-state index contributed by atoms with van der Waals surface area (Å²) in [5, 5.41) is 6.08. The molecule has 0 unspecified atom stereocenters.